The van der Waals surface area contributed by atoms with Crippen LogP contribution < -0.4 is 5.32 Å². The molecule has 1 N–H and O–H groups in total. The lowest BCUT2D eigenvalue weighted by atomic mass is 10.2. The van der Waals surface area contributed by atoms with E-state index in [4.69, 9.17) is 9.78 Å². The van der Waals surface area contributed by atoms with Crippen LogP contribution in [0.5, 0.6) is 0 Å². The van der Waals surface area contributed by atoms with Crippen molar-refractivity contribution >= 4 is 5.91 Å². The van der Waals surface area contributed by atoms with Gasteiger partial charge in [-0.15, -0.1) is 0 Å². The molecule has 0 saturated heterocycles. The highest BCUT2D eigenvalue weighted by atomic mass is 16.5. The molecule has 20 heavy (non-hydrogen) atoms. The van der Waals surface area contributed by atoms with Crippen molar-refractivity contribution in [1.29, 1.82) is 5.26 Å². The molecule has 0 unspecified atom stereocenters. The molecule has 2 heterocycles. The Morgan fingerprint density at radius 3 is 2.90 bits per heavy atom. The molecule has 2 aromatic rings. The molecule has 0 atom stereocenters. The van der Waals surface area contributed by atoms with Gasteiger partial charge in [0.1, 0.15) is 11.8 Å². The first-order valence-corrected chi connectivity index (χ1v) is 6.18. The summed E-state index contributed by atoms with van der Waals surface area (Å²) in [5.74, 6) is 0.833. The van der Waals surface area contributed by atoms with Crippen molar-refractivity contribution in [3.8, 4) is 6.07 Å². The summed E-state index contributed by atoms with van der Waals surface area (Å²) < 4.78 is 6.65. The van der Waals surface area contributed by atoms with Crippen molar-refractivity contribution in [3.63, 3.8) is 0 Å². The van der Waals surface area contributed by atoms with Crippen molar-refractivity contribution < 1.29 is 9.32 Å². The second kappa shape index (κ2) is 5.57. The quantitative estimate of drug-likeness (QED) is 0.906. The Balaban J connectivity index is 2.01. The maximum atomic E-state index is 12.0. The Morgan fingerprint density at radius 2 is 2.35 bits per heavy atom. The van der Waals surface area contributed by atoms with Crippen LogP contribution in [0, 0.1) is 11.3 Å². The van der Waals surface area contributed by atoms with Crippen LogP contribution in [0.15, 0.2) is 16.8 Å². The van der Waals surface area contributed by atoms with Gasteiger partial charge in [-0.1, -0.05) is 19.0 Å². The monoisotopic (exact) mass is 273 g/mol. The Kier molecular flexibility index (Phi) is 3.84. The number of hydrogen-bond acceptors (Lipinski definition) is 5. The van der Waals surface area contributed by atoms with E-state index in [9.17, 15) is 4.79 Å². The Bertz CT molecular complexity index is 663. The number of amides is 1. The highest BCUT2D eigenvalue weighted by molar-refractivity contribution is 5.93. The third-order valence-electron chi connectivity index (χ3n) is 2.75. The van der Waals surface area contributed by atoms with Crippen molar-refractivity contribution in [3.05, 3.63) is 35.2 Å². The minimum atomic E-state index is -0.287. The largest absolute Gasteiger partial charge is 0.345 e. The number of aromatic nitrogens is 3. The molecule has 7 heteroatoms. The third kappa shape index (κ3) is 2.85. The van der Waals surface area contributed by atoms with Crippen molar-refractivity contribution in [2.75, 3.05) is 0 Å². The maximum Gasteiger partial charge on any atom is 0.268 e. The van der Waals surface area contributed by atoms with E-state index < -0.39 is 0 Å². The lowest BCUT2D eigenvalue weighted by Crippen LogP contribution is -2.25. The average molecular weight is 273 g/mol. The number of nitrogens with zero attached hydrogens (tertiary/aromatic N) is 4. The summed E-state index contributed by atoms with van der Waals surface area (Å²) in [4.78, 5) is 16.1. The number of nitrogens with one attached hydrogen (secondary N) is 1. The highest BCUT2D eigenvalue weighted by Gasteiger charge is 2.14. The van der Waals surface area contributed by atoms with Crippen LogP contribution in [0.1, 0.15) is 47.5 Å². The normalized spacial score (nSPS) is 10.6. The molecule has 0 aliphatic carbocycles. The summed E-state index contributed by atoms with van der Waals surface area (Å²) in [6.45, 7) is 4.08. The van der Waals surface area contributed by atoms with E-state index in [1.54, 1.807) is 17.8 Å². The number of hydrogen-bond donors (Lipinski definition) is 1. The zero-order chi connectivity index (χ0) is 14.7. The molecule has 0 saturated carbocycles. The molecule has 0 bridgehead atoms. The number of carbonyl (C=O) groups excluding carboxylic acids is 1. The summed E-state index contributed by atoms with van der Waals surface area (Å²) in [6, 6.07) is 3.52. The van der Waals surface area contributed by atoms with Crippen LogP contribution in [0.3, 0.4) is 0 Å². The molecule has 0 aromatic carbocycles. The summed E-state index contributed by atoms with van der Waals surface area (Å²) in [5.41, 5.74) is 0.855. The predicted molar refractivity (Wildman–Crippen MR) is 69.7 cm³/mol. The second-order valence-corrected chi connectivity index (χ2v) is 4.72. The molecule has 0 aliphatic rings. The minimum absolute atomic E-state index is 0.151. The van der Waals surface area contributed by atoms with Crippen LogP contribution in [-0.4, -0.2) is 20.6 Å². The van der Waals surface area contributed by atoms with E-state index in [2.05, 4.69) is 15.5 Å². The van der Waals surface area contributed by atoms with E-state index in [0.29, 0.717) is 23.0 Å². The molecule has 1 amide bonds. The van der Waals surface area contributed by atoms with Gasteiger partial charge in [-0.2, -0.15) is 10.2 Å². The summed E-state index contributed by atoms with van der Waals surface area (Å²) in [7, 11) is 1.71. The number of carbonyl (C=O) groups is 1. The van der Waals surface area contributed by atoms with Crippen LogP contribution >= 0.6 is 0 Å². The van der Waals surface area contributed by atoms with Gasteiger partial charge in [0.15, 0.2) is 5.82 Å². The Labute approximate surface area is 116 Å². The van der Waals surface area contributed by atoms with Gasteiger partial charge in [-0.05, 0) is 6.07 Å². The molecular weight excluding hydrogens is 258 g/mol. The molecule has 0 spiro atoms. The van der Waals surface area contributed by atoms with Crippen molar-refractivity contribution in [1.82, 2.24) is 20.0 Å². The zero-order valence-electron chi connectivity index (χ0n) is 11.5. The molecule has 0 radical (unpaired) electrons. The van der Waals surface area contributed by atoms with E-state index in [1.807, 2.05) is 19.9 Å². The van der Waals surface area contributed by atoms with Gasteiger partial charge in [-0.3, -0.25) is 4.79 Å². The Hall–Kier alpha value is -2.62. The van der Waals surface area contributed by atoms with Gasteiger partial charge >= 0.3 is 0 Å². The van der Waals surface area contributed by atoms with Crippen LogP contribution in [0.4, 0.5) is 0 Å². The molecule has 2 aromatic heterocycles. The maximum absolute atomic E-state index is 12.0. The SMILES string of the molecule is CC(C)c1nc(CNC(=O)c2cc(C#N)cn2C)no1. The zero-order valence-corrected chi connectivity index (χ0v) is 11.5. The molecule has 0 aliphatic heterocycles. The van der Waals surface area contributed by atoms with Crippen LogP contribution in [0.2, 0.25) is 0 Å². The second-order valence-electron chi connectivity index (χ2n) is 4.72. The van der Waals surface area contributed by atoms with Crippen molar-refractivity contribution in [2.45, 2.75) is 26.3 Å². The summed E-state index contributed by atoms with van der Waals surface area (Å²) in [5, 5.41) is 15.3. The fraction of sp³-hybridized carbons (Fsp3) is 0.385. The summed E-state index contributed by atoms with van der Waals surface area (Å²) >= 11 is 0. The lowest BCUT2D eigenvalue weighted by Gasteiger charge is -2.03. The van der Waals surface area contributed by atoms with Crippen molar-refractivity contribution in [2.24, 2.45) is 7.05 Å². The first kappa shape index (κ1) is 13.8. The third-order valence-corrected chi connectivity index (χ3v) is 2.75. The molecular formula is C13H15N5O2. The predicted octanol–water partition coefficient (Wildman–Crippen LogP) is 1.33. The van der Waals surface area contributed by atoms with Gasteiger partial charge < -0.3 is 14.4 Å². The fourth-order valence-electron chi connectivity index (χ4n) is 1.68. The van der Waals surface area contributed by atoms with E-state index >= 15 is 0 Å². The number of aryl methyl sites for hydroxylation is 1. The van der Waals surface area contributed by atoms with Gasteiger partial charge in [-0.25, -0.2) is 0 Å². The summed E-state index contributed by atoms with van der Waals surface area (Å²) in [6.07, 6.45) is 1.60. The van der Waals surface area contributed by atoms with Gasteiger partial charge in [0.05, 0.1) is 12.1 Å². The average Bonchev–Trinajstić information content (AvgIpc) is 3.02. The van der Waals surface area contributed by atoms with E-state index in [1.165, 1.54) is 6.07 Å². The molecule has 7 nitrogen and oxygen atoms in total. The fourth-order valence-corrected chi connectivity index (χ4v) is 1.68. The Morgan fingerprint density at radius 1 is 1.60 bits per heavy atom. The lowest BCUT2D eigenvalue weighted by molar-refractivity contribution is 0.0941. The smallest absolute Gasteiger partial charge is 0.268 e. The van der Waals surface area contributed by atoms with Crippen LogP contribution in [0.25, 0.3) is 0 Å². The molecule has 0 fully saturated rings. The number of rotatable bonds is 4. The van der Waals surface area contributed by atoms with E-state index in [-0.39, 0.29) is 18.4 Å². The first-order chi connectivity index (χ1) is 9.51. The van der Waals surface area contributed by atoms with E-state index in [0.717, 1.165) is 0 Å². The standard InChI is InChI=1S/C13H15N5O2/c1-8(2)13-16-11(17-20-13)6-15-12(19)10-4-9(5-14)7-18(10)3/h4,7-8H,6H2,1-3H3,(H,15,19). The molecule has 104 valence electrons. The van der Waals surface area contributed by atoms with Crippen LogP contribution in [-0.2, 0) is 13.6 Å². The van der Waals surface area contributed by atoms with Gasteiger partial charge in [0.2, 0.25) is 5.89 Å². The first-order valence-electron chi connectivity index (χ1n) is 6.18. The number of nitriles is 1. The minimum Gasteiger partial charge on any atom is -0.345 e. The van der Waals surface area contributed by atoms with Gasteiger partial charge in [0.25, 0.3) is 5.91 Å². The molecule has 2 rings (SSSR count). The topological polar surface area (TPSA) is 96.7 Å². The van der Waals surface area contributed by atoms with Gasteiger partial charge in [0, 0.05) is 19.2 Å². The highest BCUT2D eigenvalue weighted by Crippen LogP contribution is 2.11.